The van der Waals surface area contributed by atoms with Gasteiger partial charge in [0.1, 0.15) is 6.04 Å². The van der Waals surface area contributed by atoms with E-state index in [0.29, 0.717) is 6.42 Å². The van der Waals surface area contributed by atoms with Crippen LogP contribution in [0.15, 0.2) is 28.7 Å². The van der Waals surface area contributed by atoms with Gasteiger partial charge in [0.15, 0.2) is 0 Å². The van der Waals surface area contributed by atoms with E-state index in [2.05, 4.69) is 21.2 Å². The Balaban J connectivity index is 2.70. The second-order valence-corrected chi connectivity index (χ2v) is 4.05. The number of carbonyl (C=O) groups is 1. The number of hydrogen-bond donors (Lipinski definition) is 1. The second kappa shape index (κ2) is 5.75. The Morgan fingerprint density at radius 1 is 1.60 bits per heavy atom. The van der Waals surface area contributed by atoms with E-state index in [1.54, 1.807) is 0 Å². The Bertz CT molecular complexity index is 341. The lowest BCUT2D eigenvalue weighted by molar-refractivity contribution is -0.141. The lowest BCUT2D eigenvalue weighted by Gasteiger charge is -2.15. The molecule has 1 rings (SSSR count). The van der Waals surface area contributed by atoms with E-state index in [9.17, 15) is 4.79 Å². The maximum atomic E-state index is 11.3. The number of ether oxygens (including phenoxy) is 1. The molecule has 1 N–H and O–H groups in total. The third kappa shape index (κ3) is 3.55. The van der Waals surface area contributed by atoms with Gasteiger partial charge in [-0.3, -0.25) is 0 Å². The van der Waals surface area contributed by atoms with E-state index in [4.69, 9.17) is 4.74 Å². The van der Waals surface area contributed by atoms with Crippen LogP contribution in [0.25, 0.3) is 0 Å². The minimum atomic E-state index is -0.288. The number of carbonyl (C=O) groups excluding carboxylic acids is 1. The van der Waals surface area contributed by atoms with E-state index in [1.165, 1.54) is 7.11 Å². The van der Waals surface area contributed by atoms with Gasteiger partial charge in [0.05, 0.1) is 7.11 Å². The average Bonchev–Trinajstić information content (AvgIpc) is 2.25. The van der Waals surface area contributed by atoms with Gasteiger partial charge in [-0.15, -0.1) is 0 Å². The predicted octanol–water partition coefficient (Wildman–Crippen LogP) is 2.81. The van der Waals surface area contributed by atoms with Crippen LogP contribution in [0.1, 0.15) is 13.3 Å². The number of esters is 1. The molecule has 0 aromatic heterocycles. The van der Waals surface area contributed by atoms with Gasteiger partial charge in [0.25, 0.3) is 0 Å². The van der Waals surface area contributed by atoms with Crippen LogP contribution >= 0.6 is 15.9 Å². The summed E-state index contributed by atoms with van der Waals surface area (Å²) in [4.78, 5) is 11.3. The second-order valence-electron chi connectivity index (χ2n) is 3.14. The van der Waals surface area contributed by atoms with E-state index < -0.39 is 0 Å². The van der Waals surface area contributed by atoms with Gasteiger partial charge < -0.3 is 10.1 Å². The molecule has 0 amide bonds. The SMILES string of the molecule is CCC(Nc1cccc(Br)c1)C(=O)OC. The molecule has 1 aromatic rings. The summed E-state index contributed by atoms with van der Waals surface area (Å²) in [6.45, 7) is 1.94. The molecule has 4 heteroatoms. The first-order chi connectivity index (χ1) is 7.17. The standard InChI is InChI=1S/C11H14BrNO2/c1-3-10(11(14)15-2)13-9-6-4-5-8(12)7-9/h4-7,10,13H,3H2,1-2H3. The van der Waals surface area contributed by atoms with Crippen molar-refractivity contribution in [1.82, 2.24) is 0 Å². The first-order valence-corrected chi connectivity index (χ1v) is 5.56. The van der Waals surface area contributed by atoms with Crippen molar-refractivity contribution >= 4 is 27.6 Å². The molecule has 0 aliphatic heterocycles. The highest BCUT2D eigenvalue weighted by Crippen LogP contribution is 2.17. The molecule has 82 valence electrons. The summed E-state index contributed by atoms with van der Waals surface area (Å²) in [5.41, 5.74) is 0.904. The lowest BCUT2D eigenvalue weighted by Crippen LogP contribution is -2.29. The lowest BCUT2D eigenvalue weighted by atomic mass is 10.2. The Morgan fingerprint density at radius 2 is 2.33 bits per heavy atom. The van der Waals surface area contributed by atoms with Crippen LogP contribution in [-0.4, -0.2) is 19.1 Å². The van der Waals surface area contributed by atoms with Crippen LogP contribution in [-0.2, 0) is 9.53 Å². The number of methoxy groups -OCH3 is 1. The Morgan fingerprint density at radius 3 is 2.87 bits per heavy atom. The van der Waals surface area contributed by atoms with Crippen LogP contribution in [0.2, 0.25) is 0 Å². The third-order valence-corrected chi connectivity index (χ3v) is 2.55. The fourth-order valence-corrected chi connectivity index (χ4v) is 1.65. The van der Waals surface area contributed by atoms with Crippen LogP contribution in [0.3, 0.4) is 0 Å². The van der Waals surface area contributed by atoms with E-state index in [-0.39, 0.29) is 12.0 Å². The molecule has 0 saturated heterocycles. The fraction of sp³-hybridized carbons (Fsp3) is 0.364. The minimum absolute atomic E-state index is 0.238. The van der Waals surface area contributed by atoms with Crippen LogP contribution < -0.4 is 5.32 Å². The van der Waals surface area contributed by atoms with Gasteiger partial charge in [0, 0.05) is 10.2 Å². The number of benzene rings is 1. The molecule has 0 saturated carbocycles. The maximum Gasteiger partial charge on any atom is 0.328 e. The van der Waals surface area contributed by atoms with Crippen molar-refractivity contribution < 1.29 is 9.53 Å². The van der Waals surface area contributed by atoms with Gasteiger partial charge in [-0.2, -0.15) is 0 Å². The summed E-state index contributed by atoms with van der Waals surface area (Å²) >= 11 is 3.37. The minimum Gasteiger partial charge on any atom is -0.467 e. The summed E-state index contributed by atoms with van der Waals surface area (Å²) < 4.78 is 5.67. The highest BCUT2D eigenvalue weighted by Gasteiger charge is 2.16. The number of nitrogens with one attached hydrogen (secondary N) is 1. The topological polar surface area (TPSA) is 38.3 Å². The molecule has 0 fully saturated rings. The molecule has 0 aliphatic carbocycles. The largest absolute Gasteiger partial charge is 0.467 e. The number of anilines is 1. The van der Waals surface area contributed by atoms with Crippen molar-refractivity contribution in [2.24, 2.45) is 0 Å². The highest BCUT2D eigenvalue weighted by atomic mass is 79.9. The Labute approximate surface area is 97.9 Å². The zero-order chi connectivity index (χ0) is 11.3. The summed E-state index contributed by atoms with van der Waals surface area (Å²) in [5, 5.41) is 3.12. The molecule has 0 aliphatic rings. The van der Waals surface area contributed by atoms with Crippen molar-refractivity contribution in [2.75, 3.05) is 12.4 Å². The van der Waals surface area contributed by atoms with Gasteiger partial charge in [0.2, 0.25) is 0 Å². The molecule has 0 spiro atoms. The van der Waals surface area contributed by atoms with E-state index in [0.717, 1.165) is 10.2 Å². The number of rotatable bonds is 4. The molecule has 1 unspecified atom stereocenters. The fourth-order valence-electron chi connectivity index (χ4n) is 1.25. The predicted molar refractivity (Wildman–Crippen MR) is 63.9 cm³/mol. The zero-order valence-corrected chi connectivity index (χ0v) is 10.4. The smallest absolute Gasteiger partial charge is 0.328 e. The van der Waals surface area contributed by atoms with Crippen molar-refractivity contribution in [3.63, 3.8) is 0 Å². The van der Waals surface area contributed by atoms with Gasteiger partial charge in [-0.1, -0.05) is 28.9 Å². The quantitative estimate of drug-likeness (QED) is 0.856. The third-order valence-electron chi connectivity index (χ3n) is 2.06. The average molecular weight is 272 g/mol. The summed E-state index contributed by atoms with van der Waals surface area (Å²) in [6, 6.07) is 7.40. The molecular weight excluding hydrogens is 258 g/mol. The molecule has 3 nitrogen and oxygen atoms in total. The van der Waals surface area contributed by atoms with Crippen molar-refractivity contribution in [3.8, 4) is 0 Å². The monoisotopic (exact) mass is 271 g/mol. The summed E-state index contributed by atoms with van der Waals surface area (Å²) in [7, 11) is 1.40. The highest BCUT2D eigenvalue weighted by molar-refractivity contribution is 9.10. The van der Waals surface area contributed by atoms with Crippen LogP contribution in [0.4, 0.5) is 5.69 Å². The zero-order valence-electron chi connectivity index (χ0n) is 8.79. The van der Waals surface area contributed by atoms with Gasteiger partial charge >= 0.3 is 5.97 Å². The maximum absolute atomic E-state index is 11.3. The first-order valence-electron chi connectivity index (χ1n) is 4.77. The van der Waals surface area contributed by atoms with E-state index in [1.807, 2.05) is 31.2 Å². The van der Waals surface area contributed by atoms with Crippen molar-refractivity contribution in [2.45, 2.75) is 19.4 Å². The molecule has 15 heavy (non-hydrogen) atoms. The molecule has 0 bridgehead atoms. The normalized spacial score (nSPS) is 11.9. The number of hydrogen-bond acceptors (Lipinski definition) is 3. The summed E-state index contributed by atoms with van der Waals surface area (Å²) in [6.07, 6.45) is 0.694. The van der Waals surface area contributed by atoms with Gasteiger partial charge in [-0.25, -0.2) is 4.79 Å². The summed E-state index contributed by atoms with van der Waals surface area (Å²) in [5.74, 6) is -0.238. The first kappa shape index (κ1) is 12.0. The molecule has 1 aromatic carbocycles. The van der Waals surface area contributed by atoms with E-state index >= 15 is 0 Å². The number of halogens is 1. The Hall–Kier alpha value is -1.03. The molecule has 1 atom stereocenters. The molecular formula is C11H14BrNO2. The van der Waals surface area contributed by atoms with Crippen molar-refractivity contribution in [3.05, 3.63) is 28.7 Å². The van der Waals surface area contributed by atoms with Crippen LogP contribution in [0.5, 0.6) is 0 Å². The molecule has 0 radical (unpaired) electrons. The van der Waals surface area contributed by atoms with Gasteiger partial charge in [-0.05, 0) is 24.6 Å². The van der Waals surface area contributed by atoms with Crippen LogP contribution in [0, 0.1) is 0 Å². The van der Waals surface area contributed by atoms with Crippen molar-refractivity contribution in [1.29, 1.82) is 0 Å². The molecule has 0 heterocycles. The Kier molecular flexibility index (Phi) is 4.62.